The van der Waals surface area contributed by atoms with E-state index in [1.807, 2.05) is 36.4 Å². The van der Waals surface area contributed by atoms with Crippen LogP contribution in [-0.4, -0.2) is 13.1 Å². The van der Waals surface area contributed by atoms with E-state index < -0.39 is 19.9 Å². The van der Waals surface area contributed by atoms with E-state index in [4.69, 9.17) is 0 Å². The highest BCUT2D eigenvalue weighted by Gasteiger charge is 2.46. The van der Waals surface area contributed by atoms with Crippen molar-refractivity contribution in [2.45, 2.75) is 18.6 Å². The van der Waals surface area contributed by atoms with Crippen molar-refractivity contribution >= 4 is 23.6 Å². The van der Waals surface area contributed by atoms with Gasteiger partial charge in [-0.2, -0.15) is 13.2 Å². The fraction of sp³-hybridized carbons (Fsp3) is 0.150. The predicted octanol–water partition coefficient (Wildman–Crippen LogP) is 3.13. The lowest BCUT2D eigenvalue weighted by molar-refractivity contribution is -0.141. The van der Waals surface area contributed by atoms with Crippen molar-refractivity contribution in [2.24, 2.45) is 0 Å². The van der Waals surface area contributed by atoms with E-state index in [9.17, 15) is 13.2 Å². The smallest absolute Gasteiger partial charge is 0.248 e. The number of benzene rings is 2. The van der Waals surface area contributed by atoms with E-state index in [-0.39, 0.29) is 0 Å². The van der Waals surface area contributed by atoms with E-state index >= 15 is 0 Å². The molecule has 0 saturated heterocycles. The van der Waals surface area contributed by atoms with Gasteiger partial charge in [0.15, 0.2) is 8.07 Å². The summed E-state index contributed by atoms with van der Waals surface area (Å²) >= 11 is 0. The second-order valence-corrected chi connectivity index (χ2v) is 10.3. The van der Waals surface area contributed by atoms with Crippen LogP contribution in [0.15, 0.2) is 72.8 Å². The topological polar surface area (TPSA) is 12.9 Å². The first-order valence-electron chi connectivity index (χ1n) is 8.20. The zero-order valence-corrected chi connectivity index (χ0v) is 14.4. The van der Waals surface area contributed by atoms with E-state index in [2.05, 4.69) is 29.2 Å². The van der Waals surface area contributed by atoms with E-state index in [1.165, 1.54) is 10.4 Å². The molecule has 0 spiro atoms. The minimum absolute atomic E-state index is 0.593. The zero-order valence-electron chi connectivity index (χ0n) is 13.4. The van der Waals surface area contributed by atoms with Crippen molar-refractivity contribution in [1.82, 2.24) is 4.98 Å². The van der Waals surface area contributed by atoms with Gasteiger partial charge in [-0.3, -0.25) is 0 Å². The van der Waals surface area contributed by atoms with Crippen LogP contribution in [0, 0.1) is 0 Å². The fourth-order valence-electron chi connectivity index (χ4n) is 3.89. The van der Waals surface area contributed by atoms with Crippen molar-refractivity contribution < 1.29 is 13.2 Å². The molecule has 5 heteroatoms. The molecule has 0 radical (unpaired) electrons. The van der Waals surface area contributed by atoms with Crippen LogP contribution in [0.5, 0.6) is 0 Å². The Morgan fingerprint density at radius 3 is 1.84 bits per heavy atom. The van der Waals surface area contributed by atoms with Crippen LogP contribution in [0.4, 0.5) is 13.2 Å². The molecule has 0 saturated carbocycles. The van der Waals surface area contributed by atoms with Crippen LogP contribution in [0.3, 0.4) is 0 Å². The Morgan fingerprint density at radius 2 is 1.32 bits per heavy atom. The number of pyridine rings is 1. The number of nitrogens with zero attached hydrogens (tertiary/aromatic N) is 1. The molecule has 2 heterocycles. The predicted molar refractivity (Wildman–Crippen MR) is 95.3 cm³/mol. The highest BCUT2D eigenvalue weighted by molar-refractivity contribution is 7.12. The van der Waals surface area contributed by atoms with Gasteiger partial charge in [-0.05, 0) is 34.1 Å². The molecule has 0 atom stereocenters. The largest absolute Gasteiger partial charge is 0.433 e. The minimum Gasteiger partial charge on any atom is -0.248 e. The van der Waals surface area contributed by atoms with Gasteiger partial charge in [-0.1, -0.05) is 66.7 Å². The Labute approximate surface area is 145 Å². The number of aryl methyl sites for hydroxylation is 1. The third kappa shape index (κ3) is 2.59. The zero-order chi connectivity index (χ0) is 17.5. The van der Waals surface area contributed by atoms with Gasteiger partial charge in [0, 0.05) is 5.69 Å². The lowest BCUT2D eigenvalue weighted by Crippen LogP contribution is -2.65. The highest BCUT2D eigenvalue weighted by atomic mass is 28.3. The van der Waals surface area contributed by atoms with Gasteiger partial charge in [-0.15, -0.1) is 0 Å². The Bertz CT molecular complexity index is 852. The molecule has 0 aliphatic carbocycles. The molecule has 126 valence electrons. The number of halogens is 3. The van der Waals surface area contributed by atoms with Gasteiger partial charge in [0.1, 0.15) is 5.69 Å². The molecule has 1 aromatic heterocycles. The van der Waals surface area contributed by atoms with Crippen LogP contribution >= 0.6 is 0 Å². The molecular weight excluding hydrogens is 339 g/mol. The quantitative estimate of drug-likeness (QED) is 0.644. The Kier molecular flexibility index (Phi) is 3.76. The molecule has 0 unspecified atom stereocenters. The van der Waals surface area contributed by atoms with Gasteiger partial charge in [0.25, 0.3) is 0 Å². The molecule has 0 bridgehead atoms. The summed E-state index contributed by atoms with van der Waals surface area (Å²) in [7, 11) is -2.32. The lowest BCUT2D eigenvalue weighted by Gasteiger charge is -2.29. The molecule has 1 aliphatic heterocycles. The molecule has 4 rings (SSSR count). The Hall–Kier alpha value is -2.40. The first kappa shape index (κ1) is 16.1. The maximum absolute atomic E-state index is 13.0. The van der Waals surface area contributed by atoms with Crippen LogP contribution < -0.4 is 15.6 Å². The SMILES string of the molecule is FC(F)(F)c1ccc2c(n1)CC[Si]2(c1ccccc1)c1ccccc1. The van der Waals surface area contributed by atoms with E-state index in [0.717, 1.165) is 17.3 Å². The van der Waals surface area contributed by atoms with E-state index in [0.29, 0.717) is 12.1 Å². The molecule has 0 N–H and O–H groups in total. The van der Waals surface area contributed by atoms with Gasteiger partial charge >= 0.3 is 6.18 Å². The molecule has 1 aliphatic rings. The molecule has 0 fully saturated rings. The molecule has 3 aromatic rings. The number of fused-ring (bicyclic) bond motifs is 1. The molecule has 1 nitrogen and oxygen atoms in total. The summed E-state index contributed by atoms with van der Waals surface area (Å²) in [4.78, 5) is 3.98. The number of alkyl halides is 3. The third-order valence-corrected chi connectivity index (χ3v) is 10.0. The summed E-state index contributed by atoms with van der Waals surface area (Å²) in [5, 5.41) is 3.46. The van der Waals surface area contributed by atoms with Gasteiger partial charge in [0.05, 0.1) is 0 Å². The van der Waals surface area contributed by atoms with Crippen LogP contribution in [0.2, 0.25) is 6.04 Å². The summed E-state index contributed by atoms with van der Waals surface area (Å²) in [6.07, 6.45) is -3.81. The summed E-state index contributed by atoms with van der Waals surface area (Å²) in [5.74, 6) is 0. The minimum atomic E-state index is -4.40. The lowest BCUT2D eigenvalue weighted by atomic mass is 10.2. The summed E-state index contributed by atoms with van der Waals surface area (Å²) in [6.45, 7) is 0. The number of hydrogen-bond acceptors (Lipinski definition) is 1. The fourth-order valence-corrected chi connectivity index (χ4v) is 8.87. The molecule has 25 heavy (non-hydrogen) atoms. The van der Waals surface area contributed by atoms with Crippen LogP contribution in [0.25, 0.3) is 0 Å². The van der Waals surface area contributed by atoms with E-state index in [1.54, 1.807) is 6.07 Å². The third-order valence-electron chi connectivity index (χ3n) is 4.99. The maximum Gasteiger partial charge on any atom is 0.433 e. The first-order valence-corrected chi connectivity index (χ1v) is 10.4. The second-order valence-electron chi connectivity index (χ2n) is 6.33. The normalized spacial score (nSPS) is 15.8. The van der Waals surface area contributed by atoms with Crippen LogP contribution in [0.1, 0.15) is 11.4 Å². The van der Waals surface area contributed by atoms with Gasteiger partial charge < -0.3 is 0 Å². The highest BCUT2D eigenvalue weighted by Crippen LogP contribution is 2.30. The molecule has 0 amide bonds. The first-order chi connectivity index (χ1) is 12.0. The summed E-state index contributed by atoms with van der Waals surface area (Å²) in [5.41, 5.74) is -0.189. The van der Waals surface area contributed by atoms with Gasteiger partial charge in [0.2, 0.25) is 0 Å². The average Bonchev–Trinajstić information content (AvgIpc) is 3.02. The van der Waals surface area contributed by atoms with Crippen LogP contribution in [-0.2, 0) is 12.6 Å². The standard InChI is InChI=1S/C20H16F3NSi/c21-20(22,23)19-12-11-18-17(24-19)13-14-25(18,15-7-3-1-4-8-15)16-9-5-2-6-10-16/h1-12H,13-14H2. The Balaban J connectivity index is 1.95. The average molecular weight is 355 g/mol. The number of aromatic nitrogens is 1. The maximum atomic E-state index is 13.0. The van der Waals surface area contributed by atoms with Crippen molar-refractivity contribution in [1.29, 1.82) is 0 Å². The summed E-state index contributed by atoms with van der Waals surface area (Å²) in [6, 6.07) is 24.0. The molecule has 2 aromatic carbocycles. The van der Waals surface area contributed by atoms with Crippen molar-refractivity contribution in [2.75, 3.05) is 0 Å². The van der Waals surface area contributed by atoms with Crippen molar-refractivity contribution in [3.05, 3.63) is 84.2 Å². The second kappa shape index (κ2) is 5.84. The van der Waals surface area contributed by atoms with Crippen molar-refractivity contribution in [3.8, 4) is 0 Å². The van der Waals surface area contributed by atoms with Gasteiger partial charge in [-0.25, -0.2) is 4.98 Å². The number of rotatable bonds is 2. The monoisotopic (exact) mass is 355 g/mol. The summed E-state index contributed by atoms with van der Waals surface area (Å²) < 4.78 is 39.1. The number of hydrogen-bond donors (Lipinski definition) is 0. The van der Waals surface area contributed by atoms with Crippen molar-refractivity contribution in [3.63, 3.8) is 0 Å². The Morgan fingerprint density at radius 1 is 0.760 bits per heavy atom. The molecular formula is C20H16F3NSi.